The number of likely N-dealkylation sites (N-methyl/N-ethyl adjacent to an activating group) is 1. The second kappa shape index (κ2) is 4.85. The Morgan fingerprint density at radius 1 is 1.38 bits per heavy atom. The van der Waals surface area contributed by atoms with Gasteiger partial charge >= 0.3 is 0 Å². The van der Waals surface area contributed by atoms with Crippen LogP contribution in [0.5, 0.6) is 5.75 Å². The number of para-hydroxylation sites is 1. The van der Waals surface area contributed by atoms with Gasteiger partial charge in [-0.15, -0.1) is 0 Å². The van der Waals surface area contributed by atoms with Gasteiger partial charge in [-0.05, 0) is 18.7 Å². The number of hydrogen-bond donors (Lipinski definition) is 1. The molecule has 0 bridgehead atoms. The fourth-order valence-electron chi connectivity index (χ4n) is 2.60. The van der Waals surface area contributed by atoms with Gasteiger partial charge in [0.15, 0.2) is 0 Å². The van der Waals surface area contributed by atoms with Crippen LogP contribution in [0.15, 0.2) is 24.3 Å². The van der Waals surface area contributed by atoms with E-state index < -0.39 is 0 Å². The summed E-state index contributed by atoms with van der Waals surface area (Å²) in [4.78, 5) is 2.26. The maximum atomic E-state index is 9.41. The van der Waals surface area contributed by atoms with Crippen molar-refractivity contribution in [2.45, 2.75) is 5.92 Å². The van der Waals surface area contributed by atoms with Gasteiger partial charge in [0.25, 0.3) is 0 Å². The van der Waals surface area contributed by atoms with Gasteiger partial charge in [-0.2, -0.15) is 0 Å². The normalized spacial score (nSPS) is 25.9. The van der Waals surface area contributed by atoms with Crippen molar-refractivity contribution in [3.8, 4) is 5.75 Å². The van der Waals surface area contributed by atoms with Gasteiger partial charge < -0.3 is 14.7 Å². The van der Waals surface area contributed by atoms with Crippen LogP contribution in [0.25, 0.3) is 0 Å². The molecule has 0 amide bonds. The van der Waals surface area contributed by atoms with Gasteiger partial charge in [-0.25, -0.2) is 0 Å². The van der Waals surface area contributed by atoms with E-state index in [4.69, 9.17) is 4.74 Å². The van der Waals surface area contributed by atoms with Crippen LogP contribution in [-0.2, 0) is 0 Å². The maximum absolute atomic E-state index is 9.41. The van der Waals surface area contributed by atoms with Gasteiger partial charge in [0.05, 0.1) is 7.11 Å². The smallest absolute Gasteiger partial charge is 0.122 e. The number of benzene rings is 1. The molecule has 2 rings (SSSR count). The van der Waals surface area contributed by atoms with Crippen molar-refractivity contribution in [3.63, 3.8) is 0 Å². The van der Waals surface area contributed by atoms with Crippen molar-refractivity contribution >= 4 is 0 Å². The molecule has 0 aromatic heterocycles. The summed E-state index contributed by atoms with van der Waals surface area (Å²) in [6.45, 7) is 2.19. The van der Waals surface area contributed by atoms with Crippen LogP contribution in [0.3, 0.4) is 0 Å². The van der Waals surface area contributed by atoms with Gasteiger partial charge in [0.1, 0.15) is 5.75 Å². The molecule has 0 unspecified atom stereocenters. The molecule has 0 saturated carbocycles. The highest BCUT2D eigenvalue weighted by molar-refractivity contribution is 5.37. The molecule has 3 nitrogen and oxygen atoms in total. The zero-order valence-corrected chi connectivity index (χ0v) is 9.89. The Bertz CT molecular complexity index is 354. The highest BCUT2D eigenvalue weighted by Gasteiger charge is 2.32. The molecule has 1 aromatic carbocycles. The Balaban J connectivity index is 2.28. The number of likely N-dealkylation sites (tertiary alicyclic amines) is 1. The van der Waals surface area contributed by atoms with E-state index in [0.29, 0.717) is 11.8 Å². The average molecular weight is 221 g/mol. The predicted molar refractivity (Wildman–Crippen MR) is 63.8 cm³/mol. The van der Waals surface area contributed by atoms with Gasteiger partial charge in [0, 0.05) is 31.5 Å². The fourth-order valence-corrected chi connectivity index (χ4v) is 2.60. The van der Waals surface area contributed by atoms with Crippen LogP contribution in [-0.4, -0.2) is 43.9 Å². The number of aliphatic hydroxyl groups excluding tert-OH is 1. The van der Waals surface area contributed by atoms with E-state index in [9.17, 15) is 5.11 Å². The molecular formula is C13H19NO2. The van der Waals surface area contributed by atoms with E-state index in [-0.39, 0.29) is 6.61 Å². The molecule has 3 heteroatoms. The quantitative estimate of drug-likeness (QED) is 0.836. The molecule has 0 spiro atoms. The topological polar surface area (TPSA) is 32.7 Å². The Morgan fingerprint density at radius 2 is 2.12 bits per heavy atom. The summed E-state index contributed by atoms with van der Waals surface area (Å²) in [7, 11) is 3.80. The summed E-state index contributed by atoms with van der Waals surface area (Å²) >= 11 is 0. The van der Waals surface area contributed by atoms with Crippen molar-refractivity contribution in [1.82, 2.24) is 4.90 Å². The molecule has 1 fully saturated rings. The molecule has 1 aromatic rings. The lowest BCUT2D eigenvalue weighted by atomic mass is 9.89. The van der Waals surface area contributed by atoms with Crippen LogP contribution >= 0.6 is 0 Å². The molecule has 2 atom stereocenters. The zero-order valence-electron chi connectivity index (χ0n) is 9.89. The van der Waals surface area contributed by atoms with Crippen molar-refractivity contribution in [3.05, 3.63) is 29.8 Å². The molecule has 0 aliphatic carbocycles. The summed E-state index contributed by atoms with van der Waals surface area (Å²) in [5.41, 5.74) is 1.22. The van der Waals surface area contributed by atoms with E-state index >= 15 is 0 Å². The minimum atomic E-state index is 0.243. The summed E-state index contributed by atoms with van der Waals surface area (Å²) in [6.07, 6.45) is 0. The van der Waals surface area contributed by atoms with Crippen LogP contribution in [0, 0.1) is 5.92 Å². The van der Waals surface area contributed by atoms with Gasteiger partial charge in [0.2, 0.25) is 0 Å². The third-order valence-electron chi connectivity index (χ3n) is 3.40. The average Bonchev–Trinajstić information content (AvgIpc) is 2.70. The summed E-state index contributed by atoms with van der Waals surface area (Å²) < 4.78 is 5.39. The zero-order chi connectivity index (χ0) is 11.5. The minimum absolute atomic E-state index is 0.243. The van der Waals surface area contributed by atoms with E-state index in [0.717, 1.165) is 18.8 Å². The van der Waals surface area contributed by atoms with Crippen LogP contribution in [0.1, 0.15) is 11.5 Å². The lowest BCUT2D eigenvalue weighted by molar-refractivity contribution is 0.218. The first kappa shape index (κ1) is 11.4. The lowest BCUT2D eigenvalue weighted by Gasteiger charge is -2.19. The van der Waals surface area contributed by atoms with Crippen LogP contribution < -0.4 is 4.74 Å². The third kappa shape index (κ3) is 2.06. The van der Waals surface area contributed by atoms with Crippen molar-refractivity contribution in [2.24, 2.45) is 5.92 Å². The molecule has 1 heterocycles. The first-order chi connectivity index (χ1) is 7.76. The SMILES string of the molecule is COc1ccccc1[C@H]1CN(C)C[C@@H]1CO. The molecular weight excluding hydrogens is 202 g/mol. The molecule has 0 radical (unpaired) electrons. The second-order valence-corrected chi connectivity index (χ2v) is 4.51. The number of hydrogen-bond acceptors (Lipinski definition) is 3. The van der Waals surface area contributed by atoms with E-state index in [1.165, 1.54) is 5.56 Å². The fraction of sp³-hybridized carbons (Fsp3) is 0.538. The predicted octanol–water partition coefficient (Wildman–Crippen LogP) is 1.33. The highest BCUT2D eigenvalue weighted by atomic mass is 16.5. The third-order valence-corrected chi connectivity index (χ3v) is 3.40. The van der Waals surface area contributed by atoms with Gasteiger partial charge in [-0.3, -0.25) is 0 Å². The van der Waals surface area contributed by atoms with Gasteiger partial charge in [-0.1, -0.05) is 18.2 Å². The number of ether oxygens (including phenoxy) is 1. The van der Waals surface area contributed by atoms with E-state index in [1.807, 2.05) is 18.2 Å². The first-order valence-electron chi connectivity index (χ1n) is 5.68. The Kier molecular flexibility index (Phi) is 3.46. The number of nitrogens with zero attached hydrogens (tertiary/aromatic N) is 1. The summed E-state index contributed by atoms with van der Waals surface area (Å²) in [5, 5.41) is 9.41. The molecule has 88 valence electrons. The Labute approximate surface area is 96.6 Å². The highest BCUT2D eigenvalue weighted by Crippen LogP contribution is 2.36. The minimum Gasteiger partial charge on any atom is -0.496 e. The summed E-state index contributed by atoms with van der Waals surface area (Å²) in [6, 6.07) is 8.10. The van der Waals surface area contributed by atoms with Crippen molar-refractivity contribution in [1.29, 1.82) is 0 Å². The monoisotopic (exact) mass is 221 g/mol. The molecule has 1 saturated heterocycles. The molecule has 1 aliphatic rings. The van der Waals surface area contributed by atoms with Crippen molar-refractivity contribution < 1.29 is 9.84 Å². The standard InChI is InChI=1S/C13H19NO2/c1-14-7-10(9-15)12(8-14)11-5-3-4-6-13(11)16-2/h3-6,10,12,15H,7-9H2,1-2H3/t10-,12+/m1/s1. The lowest BCUT2D eigenvalue weighted by Crippen LogP contribution is -2.16. The largest absolute Gasteiger partial charge is 0.496 e. The molecule has 16 heavy (non-hydrogen) atoms. The van der Waals surface area contributed by atoms with Crippen LogP contribution in [0.2, 0.25) is 0 Å². The molecule has 1 N–H and O–H groups in total. The number of aliphatic hydroxyl groups is 1. The van der Waals surface area contributed by atoms with E-state index in [2.05, 4.69) is 18.0 Å². The summed E-state index contributed by atoms with van der Waals surface area (Å²) in [5.74, 6) is 1.63. The molecule has 1 aliphatic heterocycles. The maximum Gasteiger partial charge on any atom is 0.122 e. The number of rotatable bonds is 3. The second-order valence-electron chi connectivity index (χ2n) is 4.51. The van der Waals surface area contributed by atoms with Crippen LogP contribution in [0.4, 0.5) is 0 Å². The Morgan fingerprint density at radius 3 is 2.81 bits per heavy atom. The number of methoxy groups -OCH3 is 1. The first-order valence-corrected chi connectivity index (χ1v) is 5.68. The Hall–Kier alpha value is -1.06. The van der Waals surface area contributed by atoms with Crippen molar-refractivity contribution in [2.75, 3.05) is 33.9 Å². The van der Waals surface area contributed by atoms with E-state index in [1.54, 1.807) is 7.11 Å².